The van der Waals surface area contributed by atoms with Crippen LogP contribution in [0.4, 0.5) is 17.6 Å². The van der Waals surface area contributed by atoms with Crippen LogP contribution in [0.5, 0.6) is 0 Å². The zero-order valence-electron chi connectivity index (χ0n) is 9.88. The summed E-state index contributed by atoms with van der Waals surface area (Å²) in [7, 11) is 1.74. The molecule has 0 aromatic carbocycles. The largest absolute Gasteiger partial charge is 0.434 e. The summed E-state index contributed by atoms with van der Waals surface area (Å²) in [6.07, 6.45) is -8.03. The van der Waals surface area contributed by atoms with Gasteiger partial charge in [-0.3, -0.25) is 9.63 Å². The Balaban J connectivity index is 5.49. The highest BCUT2D eigenvalue weighted by Crippen LogP contribution is 2.40. The van der Waals surface area contributed by atoms with Gasteiger partial charge in [-0.05, 0) is 5.92 Å². The molecule has 17 heavy (non-hydrogen) atoms. The predicted molar refractivity (Wildman–Crippen MR) is 50.5 cm³/mol. The second-order valence-electron chi connectivity index (χ2n) is 3.88. The maximum atomic E-state index is 13.9. The Labute approximate surface area is 96.1 Å². The summed E-state index contributed by atoms with van der Waals surface area (Å²) >= 11 is 0. The van der Waals surface area contributed by atoms with Gasteiger partial charge in [0.25, 0.3) is 5.91 Å². The summed E-state index contributed by atoms with van der Waals surface area (Å²) < 4.78 is 51.8. The van der Waals surface area contributed by atoms with Crippen molar-refractivity contribution in [3.05, 3.63) is 0 Å². The van der Waals surface area contributed by atoms with Crippen molar-refractivity contribution in [1.29, 1.82) is 0 Å². The molecule has 2 atom stereocenters. The molecule has 1 amide bonds. The van der Waals surface area contributed by atoms with E-state index >= 15 is 0 Å². The lowest BCUT2D eigenvalue weighted by Crippen LogP contribution is -2.62. The van der Waals surface area contributed by atoms with Gasteiger partial charge >= 0.3 is 11.8 Å². The van der Waals surface area contributed by atoms with E-state index in [-0.39, 0.29) is 5.06 Å². The van der Waals surface area contributed by atoms with Crippen LogP contribution >= 0.6 is 0 Å². The minimum absolute atomic E-state index is 0.0963. The quantitative estimate of drug-likeness (QED) is 0.613. The highest BCUT2D eigenvalue weighted by molar-refractivity contribution is 5.86. The molecule has 0 bridgehead atoms. The number of hydrogen-bond acceptors (Lipinski definition) is 3. The third-order valence-corrected chi connectivity index (χ3v) is 2.32. The van der Waals surface area contributed by atoms with Gasteiger partial charge in [0, 0.05) is 7.05 Å². The lowest BCUT2D eigenvalue weighted by molar-refractivity contribution is -0.272. The van der Waals surface area contributed by atoms with Crippen LogP contribution in [0.15, 0.2) is 0 Å². The van der Waals surface area contributed by atoms with Crippen LogP contribution < -0.4 is 0 Å². The minimum atomic E-state index is -5.53. The summed E-state index contributed by atoms with van der Waals surface area (Å²) in [5.74, 6) is -3.08. The number of hydroxylamine groups is 2. The average Bonchev–Trinajstić information content (AvgIpc) is 2.22. The minimum Gasteiger partial charge on any atom is -0.389 e. The number of alkyl halides is 4. The number of halogens is 4. The molecular formula is C9H15F4NO3. The maximum absolute atomic E-state index is 13.9. The number of carbonyl (C=O) groups is 1. The standard InChI is InChI=1S/C9H15F4NO3/c1-5(2)6(15)8(10,9(11,12)13)7(16)14(3)17-4/h5-6,15H,1-4H3/t6-,8-/m0/s1. The summed E-state index contributed by atoms with van der Waals surface area (Å²) in [6, 6.07) is 0. The van der Waals surface area contributed by atoms with Crippen LogP contribution in [0.2, 0.25) is 0 Å². The van der Waals surface area contributed by atoms with Gasteiger partial charge in [0.1, 0.15) is 6.10 Å². The summed E-state index contributed by atoms with van der Waals surface area (Å²) in [5, 5.41) is 9.39. The number of amides is 1. The third-order valence-electron chi connectivity index (χ3n) is 2.32. The van der Waals surface area contributed by atoms with Crippen LogP contribution in [0.1, 0.15) is 13.8 Å². The molecule has 1 N–H and O–H groups in total. The summed E-state index contributed by atoms with van der Waals surface area (Å²) in [5.41, 5.74) is -4.38. The van der Waals surface area contributed by atoms with Crippen molar-refractivity contribution in [2.75, 3.05) is 14.2 Å². The Bertz CT molecular complexity index is 282. The van der Waals surface area contributed by atoms with Gasteiger partial charge in [-0.25, -0.2) is 9.45 Å². The van der Waals surface area contributed by atoms with Crippen LogP contribution in [-0.2, 0) is 9.63 Å². The fourth-order valence-corrected chi connectivity index (χ4v) is 1.19. The molecule has 0 aliphatic heterocycles. The van der Waals surface area contributed by atoms with Crippen LogP contribution in [0.25, 0.3) is 0 Å². The molecule has 0 aromatic heterocycles. The normalized spacial score (nSPS) is 17.8. The Morgan fingerprint density at radius 2 is 1.71 bits per heavy atom. The molecule has 8 heteroatoms. The van der Waals surface area contributed by atoms with Crippen molar-refractivity contribution in [2.45, 2.75) is 31.8 Å². The highest BCUT2D eigenvalue weighted by atomic mass is 19.4. The maximum Gasteiger partial charge on any atom is 0.434 e. The monoisotopic (exact) mass is 261 g/mol. The molecule has 0 fully saturated rings. The van der Waals surface area contributed by atoms with Gasteiger partial charge in [-0.15, -0.1) is 0 Å². The van der Waals surface area contributed by atoms with Gasteiger partial charge in [0.15, 0.2) is 0 Å². The van der Waals surface area contributed by atoms with Gasteiger partial charge in [-0.1, -0.05) is 13.8 Å². The topological polar surface area (TPSA) is 49.8 Å². The molecule has 0 saturated heterocycles. The first-order chi connectivity index (χ1) is 7.50. The molecule has 0 spiro atoms. The van der Waals surface area contributed by atoms with E-state index in [0.717, 1.165) is 14.2 Å². The molecule has 0 radical (unpaired) electrons. The molecule has 0 saturated carbocycles. The lowest BCUT2D eigenvalue weighted by Gasteiger charge is -2.34. The van der Waals surface area contributed by atoms with Crippen LogP contribution in [0, 0.1) is 5.92 Å². The molecule has 0 unspecified atom stereocenters. The van der Waals surface area contributed by atoms with Crippen molar-refractivity contribution < 1.29 is 32.3 Å². The van der Waals surface area contributed by atoms with E-state index in [1.807, 2.05) is 0 Å². The number of rotatable bonds is 4. The Morgan fingerprint density at radius 3 is 1.94 bits per heavy atom. The average molecular weight is 261 g/mol. The Kier molecular flexibility index (Phi) is 4.90. The molecule has 102 valence electrons. The first-order valence-electron chi connectivity index (χ1n) is 4.76. The van der Waals surface area contributed by atoms with Gasteiger partial charge in [0.2, 0.25) is 0 Å². The molecule has 0 rings (SSSR count). The van der Waals surface area contributed by atoms with Crippen molar-refractivity contribution in [1.82, 2.24) is 5.06 Å². The molecule has 4 nitrogen and oxygen atoms in total. The Hall–Kier alpha value is -0.890. The van der Waals surface area contributed by atoms with E-state index in [4.69, 9.17) is 0 Å². The number of aliphatic hydroxyl groups excluding tert-OH is 1. The number of nitrogens with zero attached hydrogens (tertiary/aromatic N) is 1. The Morgan fingerprint density at radius 1 is 1.29 bits per heavy atom. The molecule has 0 aromatic rings. The SMILES string of the molecule is CON(C)C(=O)[C@@](F)([C@@H](O)C(C)C)C(F)(F)F. The van der Waals surface area contributed by atoms with E-state index in [1.165, 1.54) is 13.8 Å². The smallest absolute Gasteiger partial charge is 0.389 e. The van der Waals surface area contributed by atoms with Crippen molar-refractivity contribution in [3.8, 4) is 0 Å². The molecule has 0 heterocycles. The van der Waals surface area contributed by atoms with Gasteiger partial charge < -0.3 is 5.11 Å². The van der Waals surface area contributed by atoms with Gasteiger partial charge in [0.05, 0.1) is 7.11 Å². The zero-order valence-corrected chi connectivity index (χ0v) is 9.88. The van der Waals surface area contributed by atoms with Crippen LogP contribution in [0.3, 0.4) is 0 Å². The van der Waals surface area contributed by atoms with Crippen molar-refractivity contribution >= 4 is 5.91 Å². The fraction of sp³-hybridized carbons (Fsp3) is 0.889. The first-order valence-corrected chi connectivity index (χ1v) is 4.76. The predicted octanol–water partition coefficient (Wildman–Crippen LogP) is 1.29. The summed E-state index contributed by atoms with van der Waals surface area (Å²) in [4.78, 5) is 15.6. The molecular weight excluding hydrogens is 246 g/mol. The van der Waals surface area contributed by atoms with Crippen LogP contribution in [-0.4, -0.2) is 48.2 Å². The van der Waals surface area contributed by atoms with E-state index in [0.29, 0.717) is 0 Å². The van der Waals surface area contributed by atoms with E-state index in [2.05, 4.69) is 4.84 Å². The van der Waals surface area contributed by atoms with E-state index in [9.17, 15) is 27.5 Å². The second kappa shape index (κ2) is 5.18. The third kappa shape index (κ3) is 2.86. The first kappa shape index (κ1) is 16.1. The fourth-order valence-electron chi connectivity index (χ4n) is 1.19. The van der Waals surface area contributed by atoms with Crippen molar-refractivity contribution in [2.24, 2.45) is 5.92 Å². The highest BCUT2D eigenvalue weighted by Gasteiger charge is 2.67. The second-order valence-corrected chi connectivity index (χ2v) is 3.88. The molecule has 0 aliphatic carbocycles. The van der Waals surface area contributed by atoms with E-state index < -0.39 is 29.8 Å². The number of hydrogen-bond donors (Lipinski definition) is 1. The summed E-state index contributed by atoms with van der Waals surface area (Å²) in [6.45, 7) is 2.34. The number of carbonyl (C=O) groups excluding carboxylic acids is 1. The lowest BCUT2D eigenvalue weighted by atomic mass is 9.89. The number of aliphatic hydroxyl groups is 1. The van der Waals surface area contributed by atoms with Gasteiger partial charge in [-0.2, -0.15) is 13.2 Å². The van der Waals surface area contributed by atoms with E-state index in [1.54, 1.807) is 0 Å². The van der Waals surface area contributed by atoms with Crippen molar-refractivity contribution in [3.63, 3.8) is 0 Å². The zero-order chi connectivity index (χ0) is 14.0. The molecule has 0 aliphatic rings.